The van der Waals surface area contributed by atoms with E-state index in [1.807, 2.05) is 0 Å². The molecule has 9 nitrogen and oxygen atoms in total. The SMILES string of the molecule is O=C1NC=CC2=NN([C@@H]3O[C@H](CO)[C@@H](O)C3(F)F)NN12. The molecule has 3 rings (SSSR count). The second-order valence-corrected chi connectivity index (χ2v) is 4.35. The van der Waals surface area contributed by atoms with Crippen LogP contribution in [0.15, 0.2) is 17.4 Å². The van der Waals surface area contributed by atoms with Crippen molar-refractivity contribution < 1.29 is 28.5 Å². The van der Waals surface area contributed by atoms with E-state index in [9.17, 15) is 18.7 Å². The van der Waals surface area contributed by atoms with Crippen molar-refractivity contribution in [3.8, 4) is 0 Å². The minimum atomic E-state index is -3.67. The first-order chi connectivity index (χ1) is 9.45. The van der Waals surface area contributed by atoms with Gasteiger partial charge in [0.15, 0.2) is 11.9 Å². The van der Waals surface area contributed by atoms with Crippen LogP contribution in [0.2, 0.25) is 0 Å². The van der Waals surface area contributed by atoms with Crippen molar-refractivity contribution in [2.24, 2.45) is 5.10 Å². The number of carbonyl (C=O) groups is 1. The number of urea groups is 1. The fraction of sp³-hybridized carbons (Fsp3) is 0.556. The maximum absolute atomic E-state index is 13.9. The maximum atomic E-state index is 13.9. The van der Waals surface area contributed by atoms with Gasteiger partial charge in [0.25, 0.3) is 0 Å². The second-order valence-electron chi connectivity index (χ2n) is 4.35. The van der Waals surface area contributed by atoms with Gasteiger partial charge in [-0.2, -0.15) is 18.9 Å². The van der Waals surface area contributed by atoms with Crippen LogP contribution in [-0.2, 0) is 4.74 Å². The lowest BCUT2D eigenvalue weighted by molar-refractivity contribution is -0.186. The molecule has 20 heavy (non-hydrogen) atoms. The topological polar surface area (TPSA) is 110 Å². The molecule has 3 aliphatic heterocycles. The molecule has 0 aromatic heterocycles. The number of hydrogen-bond acceptors (Lipinski definition) is 7. The highest BCUT2D eigenvalue weighted by atomic mass is 19.3. The summed E-state index contributed by atoms with van der Waals surface area (Å²) in [6.07, 6.45) is -2.85. The Balaban J connectivity index is 1.83. The average molecular weight is 291 g/mol. The number of aliphatic hydroxyl groups excluding tert-OH is 2. The van der Waals surface area contributed by atoms with Gasteiger partial charge in [-0.25, -0.2) is 4.79 Å². The summed E-state index contributed by atoms with van der Waals surface area (Å²) in [6.45, 7) is -0.762. The predicted molar refractivity (Wildman–Crippen MR) is 58.6 cm³/mol. The Morgan fingerprint density at radius 2 is 2.30 bits per heavy atom. The first-order valence-corrected chi connectivity index (χ1v) is 5.68. The van der Waals surface area contributed by atoms with E-state index in [4.69, 9.17) is 9.84 Å². The van der Waals surface area contributed by atoms with E-state index in [1.54, 1.807) is 0 Å². The van der Waals surface area contributed by atoms with Crippen molar-refractivity contribution in [3.63, 3.8) is 0 Å². The van der Waals surface area contributed by atoms with E-state index in [-0.39, 0.29) is 5.84 Å². The summed E-state index contributed by atoms with van der Waals surface area (Å²) in [5.74, 6) is -3.57. The number of nitrogens with one attached hydrogen (secondary N) is 2. The van der Waals surface area contributed by atoms with Crippen LogP contribution in [0.1, 0.15) is 0 Å². The Morgan fingerprint density at radius 3 is 2.90 bits per heavy atom. The Morgan fingerprint density at radius 1 is 1.55 bits per heavy atom. The lowest BCUT2D eigenvalue weighted by Crippen LogP contribution is -2.56. The van der Waals surface area contributed by atoms with Crippen molar-refractivity contribution >= 4 is 11.9 Å². The number of rotatable bonds is 2. The second kappa shape index (κ2) is 4.34. The molecule has 0 aromatic rings. The molecular weight excluding hydrogens is 280 g/mol. The number of nitrogens with zero attached hydrogens (tertiary/aromatic N) is 3. The fourth-order valence-electron chi connectivity index (χ4n) is 2.03. The zero-order valence-corrected chi connectivity index (χ0v) is 9.90. The van der Waals surface area contributed by atoms with Gasteiger partial charge in [0.05, 0.1) is 6.61 Å². The third kappa shape index (κ3) is 1.75. The smallest absolute Gasteiger partial charge is 0.343 e. The summed E-state index contributed by atoms with van der Waals surface area (Å²) < 4.78 is 32.7. The lowest BCUT2D eigenvalue weighted by Gasteiger charge is -2.27. The van der Waals surface area contributed by atoms with Gasteiger partial charge < -0.3 is 20.3 Å². The van der Waals surface area contributed by atoms with Gasteiger partial charge in [-0.05, 0) is 0 Å². The quantitative estimate of drug-likeness (QED) is 0.482. The highest BCUT2D eigenvalue weighted by Gasteiger charge is 2.62. The number of amides is 2. The Hall–Kier alpha value is -1.82. The van der Waals surface area contributed by atoms with E-state index < -0.39 is 37.0 Å². The normalized spacial score (nSPS) is 35.1. The largest absolute Gasteiger partial charge is 0.394 e. The van der Waals surface area contributed by atoms with Crippen molar-refractivity contribution in [1.82, 2.24) is 21.0 Å². The van der Waals surface area contributed by atoms with E-state index in [2.05, 4.69) is 16.0 Å². The van der Waals surface area contributed by atoms with Gasteiger partial charge in [-0.15, -0.1) is 10.6 Å². The van der Waals surface area contributed by atoms with E-state index >= 15 is 0 Å². The molecule has 3 aliphatic rings. The number of ether oxygens (including phenoxy) is 1. The van der Waals surface area contributed by atoms with Gasteiger partial charge in [-0.1, -0.05) is 0 Å². The van der Waals surface area contributed by atoms with Crippen LogP contribution in [0.4, 0.5) is 13.6 Å². The van der Waals surface area contributed by atoms with Crippen LogP contribution in [0.3, 0.4) is 0 Å². The number of hydrogen-bond donors (Lipinski definition) is 4. The molecule has 11 heteroatoms. The molecule has 0 unspecified atom stereocenters. The van der Waals surface area contributed by atoms with Crippen LogP contribution in [0.25, 0.3) is 0 Å². The molecule has 4 N–H and O–H groups in total. The zero-order valence-electron chi connectivity index (χ0n) is 9.90. The highest BCUT2D eigenvalue weighted by Crippen LogP contribution is 2.38. The van der Waals surface area contributed by atoms with Gasteiger partial charge >= 0.3 is 12.0 Å². The minimum Gasteiger partial charge on any atom is -0.394 e. The molecular formula is C9H11F2N5O4. The van der Waals surface area contributed by atoms with Crippen molar-refractivity contribution in [2.45, 2.75) is 24.4 Å². The molecule has 2 amide bonds. The number of amidine groups is 1. The van der Waals surface area contributed by atoms with Crippen LogP contribution >= 0.6 is 0 Å². The Kier molecular flexibility index (Phi) is 2.86. The van der Waals surface area contributed by atoms with Gasteiger partial charge in [0.2, 0.25) is 6.23 Å². The Labute approximate surface area is 111 Å². The van der Waals surface area contributed by atoms with E-state index in [0.717, 1.165) is 5.01 Å². The first kappa shape index (κ1) is 13.2. The van der Waals surface area contributed by atoms with E-state index in [1.165, 1.54) is 12.3 Å². The van der Waals surface area contributed by atoms with Crippen molar-refractivity contribution in [1.29, 1.82) is 0 Å². The summed E-state index contributed by atoms with van der Waals surface area (Å²) in [5.41, 5.74) is 2.31. The molecule has 0 spiro atoms. The number of hydrazine groups is 2. The third-order valence-electron chi connectivity index (χ3n) is 3.07. The van der Waals surface area contributed by atoms with Crippen LogP contribution in [0.5, 0.6) is 0 Å². The minimum absolute atomic E-state index is 0.0927. The maximum Gasteiger partial charge on any atom is 0.343 e. The lowest BCUT2D eigenvalue weighted by atomic mass is 10.1. The number of fused-ring (bicyclic) bond motifs is 1. The molecule has 0 saturated carbocycles. The monoisotopic (exact) mass is 291 g/mol. The summed E-state index contributed by atoms with van der Waals surface area (Å²) in [7, 11) is 0. The summed E-state index contributed by atoms with van der Waals surface area (Å²) in [6, 6.07) is -0.602. The number of alkyl halides is 2. The standard InChI is InChI=1S/C9H11F2N5O4/c10-9(11)6(18)4(3-17)20-7(9)16-13-5-1-2-12-8(19)15(5)14-16/h1-2,4,6-7,14,17-18H,3H2,(H,12,19)/t4-,6-,7-/m1/s1. The zero-order chi connectivity index (χ0) is 14.5. The molecule has 0 aromatic carbocycles. The molecule has 0 radical (unpaired) electrons. The predicted octanol–water partition coefficient (Wildman–Crippen LogP) is -1.71. The van der Waals surface area contributed by atoms with Crippen LogP contribution < -0.4 is 10.9 Å². The van der Waals surface area contributed by atoms with Crippen molar-refractivity contribution in [2.75, 3.05) is 6.61 Å². The molecule has 3 heterocycles. The average Bonchev–Trinajstić information content (AvgIpc) is 2.92. The number of aliphatic hydroxyl groups is 2. The molecule has 0 bridgehead atoms. The summed E-state index contributed by atoms with van der Waals surface area (Å²) in [5, 5.41) is 25.9. The molecule has 1 saturated heterocycles. The third-order valence-corrected chi connectivity index (χ3v) is 3.07. The van der Waals surface area contributed by atoms with E-state index in [0.29, 0.717) is 5.12 Å². The molecule has 1 fully saturated rings. The first-order valence-electron chi connectivity index (χ1n) is 5.68. The van der Waals surface area contributed by atoms with Gasteiger partial charge in [0, 0.05) is 12.3 Å². The number of halogens is 2. The molecule has 0 aliphatic carbocycles. The Bertz CT molecular complexity index is 499. The fourth-order valence-corrected chi connectivity index (χ4v) is 2.03. The van der Waals surface area contributed by atoms with Gasteiger partial charge in [0.1, 0.15) is 6.10 Å². The van der Waals surface area contributed by atoms with Crippen LogP contribution in [-0.4, -0.2) is 63.2 Å². The van der Waals surface area contributed by atoms with Gasteiger partial charge in [-0.3, -0.25) is 0 Å². The highest BCUT2D eigenvalue weighted by molar-refractivity contribution is 6.06. The number of hydrazone groups is 1. The summed E-state index contributed by atoms with van der Waals surface area (Å²) >= 11 is 0. The number of carbonyl (C=O) groups excluding carboxylic acids is 1. The van der Waals surface area contributed by atoms with Crippen molar-refractivity contribution in [3.05, 3.63) is 12.3 Å². The summed E-state index contributed by atoms with van der Waals surface area (Å²) in [4.78, 5) is 11.5. The van der Waals surface area contributed by atoms with Crippen LogP contribution in [0, 0.1) is 0 Å². The molecule has 110 valence electrons. The molecule has 3 atom stereocenters.